The molecule has 0 N–H and O–H groups in total. The lowest BCUT2D eigenvalue weighted by Crippen LogP contribution is -2.39. The second-order valence-electron chi connectivity index (χ2n) is 5.47. The number of imidazole rings is 2. The average Bonchev–Trinajstić information content (AvgIpc) is 2.91. The Kier molecular flexibility index (Phi) is 2.69. The van der Waals surface area contributed by atoms with Crippen LogP contribution in [0.1, 0.15) is 12.6 Å². The van der Waals surface area contributed by atoms with Crippen molar-refractivity contribution in [3.63, 3.8) is 0 Å². The van der Waals surface area contributed by atoms with E-state index >= 15 is 0 Å². The molecule has 7 nitrogen and oxygen atoms in total. The SMILES string of the molecule is C=C(C)Cn1c(=O)c2c(nc3n(C)c(C)cn23)n(C)c1=O. The number of allylic oxidation sites excluding steroid dienone is 1. The van der Waals surface area contributed by atoms with E-state index in [1.165, 1.54) is 9.13 Å². The molecule has 0 bridgehead atoms. The Balaban J connectivity index is 2.56. The summed E-state index contributed by atoms with van der Waals surface area (Å²) in [6.07, 6.45) is 1.85. The monoisotopic (exact) mass is 287 g/mol. The zero-order valence-electron chi connectivity index (χ0n) is 12.5. The second kappa shape index (κ2) is 4.21. The predicted octanol–water partition coefficient (Wildman–Crippen LogP) is 0.571. The third-order valence-corrected chi connectivity index (χ3v) is 3.73. The molecule has 0 radical (unpaired) electrons. The second-order valence-corrected chi connectivity index (χ2v) is 5.47. The minimum atomic E-state index is -0.379. The van der Waals surface area contributed by atoms with Crippen LogP contribution in [-0.4, -0.2) is 23.1 Å². The van der Waals surface area contributed by atoms with Crippen LogP contribution in [0.4, 0.5) is 0 Å². The van der Waals surface area contributed by atoms with Crippen LogP contribution < -0.4 is 11.2 Å². The van der Waals surface area contributed by atoms with Gasteiger partial charge in [0.05, 0.1) is 6.54 Å². The fraction of sp³-hybridized carbons (Fsp3) is 0.357. The van der Waals surface area contributed by atoms with Crippen LogP contribution in [0.5, 0.6) is 0 Å². The third-order valence-electron chi connectivity index (χ3n) is 3.73. The molecular formula is C14H17N5O2. The van der Waals surface area contributed by atoms with Crippen LogP contribution in [0.15, 0.2) is 27.9 Å². The Hall–Kier alpha value is -2.57. The van der Waals surface area contributed by atoms with Crippen molar-refractivity contribution in [2.24, 2.45) is 14.1 Å². The number of nitrogens with zero attached hydrogens (tertiary/aromatic N) is 5. The van der Waals surface area contributed by atoms with Crippen LogP contribution in [0.2, 0.25) is 0 Å². The lowest BCUT2D eigenvalue weighted by molar-refractivity contribution is 0.651. The third kappa shape index (κ3) is 1.70. The van der Waals surface area contributed by atoms with Crippen molar-refractivity contribution in [1.29, 1.82) is 0 Å². The molecule has 3 aromatic rings. The topological polar surface area (TPSA) is 66.2 Å². The van der Waals surface area contributed by atoms with E-state index < -0.39 is 0 Å². The Labute approximate surface area is 120 Å². The first-order chi connectivity index (χ1) is 9.82. The van der Waals surface area contributed by atoms with Gasteiger partial charge in [0.1, 0.15) is 0 Å². The van der Waals surface area contributed by atoms with E-state index in [0.717, 1.165) is 11.3 Å². The van der Waals surface area contributed by atoms with Gasteiger partial charge in [-0.2, -0.15) is 4.98 Å². The van der Waals surface area contributed by atoms with Gasteiger partial charge in [-0.05, 0) is 13.8 Å². The van der Waals surface area contributed by atoms with Crippen LogP contribution in [0.25, 0.3) is 16.9 Å². The van der Waals surface area contributed by atoms with E-state index in [1.54, 1.807) is 18.4 Å². The summed E-state index contributed by atoms with van der Waals surface area (Å²) in [6.45, 7) is 7.71. The zero-order chi connectivity index (χ0) is 15.5. The van der Waals surface area contributed by atoms with Gasteiger partial charge in [-0.25, -0.2) is 4.79 Å². The first kappa shape index (κ1) is 13.4. The zero-order valence-corrected chi connectivity index (χ0v) is 12.5. The highest BCUT2D eigenvalue weighted by Crippen LogP contribution is 2.14. The molecule has 0 aliphatic carbocycles. The van der Waals surface area contributed by atoms with Gasteiger partial charge in [0.15, 0.2) is 11.2 Å². The molecule has 0 amide bonds. The van der Waals surface area contributed by atoms with Gasteiger partial charge in [0, 0.05) is 26.0 Å². The standard InChI is InChI=1S/C14H17N5O2/c1-8(2)6-19-12(20)10-11(17(5)14(19)21)15-13-16(4)9(3)7-18(10)13/h7H,1,6H2,2-5H3. The molecular weight excluding hydrogens is 270 g/mol. The van der Waals surface area contributed by atoms with Gasteiger partial charge in [-0.1, -0.05) is 12.2 Å². The lowest BCUT2D eigenvalue weighted by Gasteiger charge is -2.07. The predicted molar refractivity (Wildman–Crippen MR) is 80.7 cm³/mol. The van der Waals surface area contributed by atoms with Crippen molar-refractivity contribution < 1.29 is 0 Å². The summed E-state index contributed by atoms with van der Waals surface area (Å²) in [6, 6.07) is 0. The molecule has 3 aromatic heterocycles. The summed E-state index contributed by atoms with van der Waals surface area (Å²) in [4.78, 5) is 29.4. The quantitative estimate of drug-likeness (QED) is 0.647. The van der Waals surface area contributed by atoms with Crippen molar-refractivity contribution in [1.82, 2.24) is 23.1 Å². The molecule has 0 saturated carbocycles. The van der Waals surface area contributed by atoms with Crippen molar-refractivity contribution in [3.05, 3.63) is 44.9 Å². The van der Waals surface area contributed by atoms with Gasteiger partial charge >= 0.3 is 5.69 Å². The van der Waals surface area contributed by atoms with Crippen LogP contribution in [0, 0.1) is 6.92 Å². The van der Waals surface area contributed by atoms with Gasteiger partial charge in [0.2, 0.25) is 5.78 Å². The average molecular weight is 287 g/mol. The molecule has 0 aromatic carbocycles. The molecule has 110 valence electrons. The fourth-order valence-corrected chi connectivity index (χ4v) is 2.53. The highest BCUT2D eigenvalue weighted by molar-refractivity contribution is 5.75. The van der Waals surface area contributed by atoms with Gasteiger partial charge in [-0.15, -0.1) is 0 Å². The van der Waals surface area contributed by atoms with E-state index in [0.29, 0.717) is 16.9 Å². The number of hydrogen-bond donors (Lipinski definition) is 0. The minimum Gasteiger partial charge on any atom is -0.317 e. The molecule has 0 atom stereocenters. The van der Waals surface area contributed by atoms with Crippen molar-refractivity contribution >= 4 is 16.9 Å². The summed E-state index contributed by atoms with van der Waals surface area (Å²) in [7, 11) is 3.50. The van der Waals surface area contributed by atoms with Crippen molar-refractivity contribution in [3.8, 4) is 0 Å². The first-order valence-corrected chi connectivity index (χ1v) is 6.61. The van der Waals surface area contributed by atoms with Crippen LogP contribution in [-0.2, 0) is 20.6 Å². The van der Waals surface area contributed by atoms with Gasteiger partial charge in [0.25, 0.3) is 5.56 Å². The van der Waals surface area contributed by atoms with E-state index in [4.69, 9.17) is 0 Å². The molecule has 0 saturated heterocycles. The minimum absolute atomic E-state index is 0.209. The van der Waals surface area contributed by atoms with Crippen molar-refractivity contribution in [2.75, 3.05) is 0 Å². The molecule has 7 heteroatoms. The summed E-state index contributed by atoms with van der Waals surface area (Å²) in [5, 5.41) is 0. The molecule has 0 spiro atoms. The number of rotatable bonds is 2. The fourth-order valence-electron chi connectivity index (χ4n) is 2.53. The Morgan fingerprint density at radius 3 is 2.57 bits per heavy atom. The molecule has 0 aliphatic rings. The summed E-state index contributed by atoms with van der Waals surface area (Å²) >= 11 is 0. The largest absolute Gasteiger partial charge is 0.332 e. The molecule has 0 unspecified atom stereocenters. The van der Waals surface area contributed by atoms with E-state index in [1.807, 2.05) is 24.7 Å². The normalized spacial score (nSPS) is 11.6. The molecule has 0 fully saturated rings. The van der Waals surface area contributed by atoms with Crippen LogP contribution >= 0.6 is 0 Å². The highest BCUT2D eigenvalue weighted by Gasteiger charge is 2.18. The van der Waals surface area contributed by atoms with Crippen molar-refractivity contribution in [2.45, 2.75) is 20.4 Å². The lowest BCUT2D eigenvalue weighted by atomic mass is 10.3. The number of hydrogen-bond acceptors (Lipinski definition) is 3. The smallest absolute Gasteiger partial charge is 0.317 e. The number of aromatic nitrogens is 5. The summed E-state index contributed by atoms with van der Waals surface area (Å²) < 4.78 is 6.22. The molecule has 21 heavy (non-hydrogen) atoms. The maximum Gasteiger partial charge on any atom is 0.332 e. The maximum atomic E-state index is 12.7. The Bertz CT molecular complexity index is 1010. The van der Waals surface area contributed by atoms with Gasteiger partial charge < -0.3 is 4.57 Å². The van der Waals surface area contributed by atoms with E-state index in [9.17, 15) is 9.59 Å². The highest BCUT2D eigenvalue weighted by atomic mass is 16.2. The first-order valence-electron chi connectivity index (χ1n) is 6.61. The van der Waals surface area contributed by atoms with Crippen LogP contribution in [0.3, 0.4) is 0 Å². The maximum absolute atomic E-state index is 12.7. The molecule has 3 rings (SSSR count). The molecule has 3 heterocycles. The van der Waals surface area contributed by atoms with E-state index in [-0.39, 0.29) is 17.8 Å². The van der Waals surface area contributed by atoms with E-state index in [2.05, 4.69) is 11.6 Å². The molecule has 0 aliphatic heterocycles. The van der Waals surface area contributed by atoms with Gasteiger partial charge in [-0.3, -0.25) is 18.3 Å². The summed E-state index contributed by atoms with van der Waals surface area (Å²) in [5.41, 5.74) is 1.83. The Morgan fingerprint density at radius 1 is 1.29 bits per heavy atom. The Morgan fingerprint density at radius 2 is 1.95 bits per heavy atom. The summed E-state index contributed by atoms with van der Waals surface area (Å²) in [5.74, 6) is 0.641. The number of fused-ring (bicyclic) bond motifs is 3. The number of aryl methyl sites for hydroxylation is 3.